The first-order valence-electron chi connectivity index (χ1n) is 8.84. The third kappa shape index (κ3) is 4.23. The zero-order chi connectivity index (χ0) is 16.3. The van der Waals surface area contributed by atoms with Crippen LogP contribution in [0.4, 0.5) is 4.79 Å². The number of carbonyl (C=O) groups excluding carboxylic acids is 2. The van der Waals surface area contributed by atoms with Crippen LogP contribution in [0.15, 0.2) is 0 Å². The van der Waals surface area contributed by atoms with E-state index >= 15 is 0 Å². The van der Waals surface area contributed by atoms with Crippen LogP contribution in [0.1, 0.15) is 72.6 Å². The Hall–Kier alpha value is -1.06. The molecule has 2 fully saturated rings. The van der Waals surface area contributed by atoms with Gasteiger partial charge in [-0.25, -0.2) is 4.79 Å². The molecule has 1 saturated heterocycles. The first-order chi connectivity index (χ1) is 10.3. The maximum absolute atomic E-state index is 12.4. The van der Waals surface area contributed by atoms with Gasteiger partial charge in [0, 0.05) is 24.9 Å². The van der Waals surface area contributed by atoms with Crippen molar-refractivity contribution in [3.8, 4) is 0 Å². The molecule has 3 atom stereocenters. The normalized spacial score (nSPS) is 29.7. The fourth-order valence-electron chi connectivity index (χ4n) is 3.94. The van der Waals surface area contributed by atoms with Crippen LogP contribution in [0.3, 0.4) is 0 Å². The Morgan fingerprint density at radius 2 is 2.05 bits per heavy atom. The van der Waals surface area contributed by atoms with Gasteiger partial charge >= 0.3 is 6.09 Å². The molecule has 1 amide bonds. The van der Waals surface area contributed by atoms with E-state index in [0.29, 0.717) is 18.1 Å². The third-order valence-electron chi connectivity index (χ3n) is 4.89. The maximum Gasteiger partial charge on any atom is 0.410 e. The second-order valence-electron chi connectivity index (χ2n) is 7.89. The van der Waals surface area contributed by atoms with Crippen LogP contribution < -0.4 is 0 Å². The van der Waals surface area contributed by atoms with Gasteiger partial charge in [0.1, 0.15) is 11.4 Å². The number of hydrogen-bond donors (Lipinski definition) is 0. The van der Waals surface area contributed by atoms with Crippen LogP contribution in [0.25, 0.3) is 0 Å². The Labute approximate surface area is 134 Å². The van der Waals surface area contributed by atoms with Crippen LogP contribution >= 0.6 is 0 Å². The van der Waals surface area contributed by atoms with Gasteiger partial charge < -0.3 is 9.64 Å². The number of ether oxygens (including phenoxy) is 1. The van der Waals surface area contributed by atoms with Crippen LogP contribution in [0.5, 0.6) is 0 Å². The van der Waals surface area contributed by atoms with E-state index in [9.17, 15) is 9.59 Å². The average Bonchev–Trinajstić information content (AvgIpc) is 2.88. The molecule has 3 unspecified atom stereocenters. The SMILES string of the molecule is CCCC1CCC(=O)C(C2CCCN2C(=O)OC(C)(C)C)C1. The predicted octanol–water partition coefficient (Wildman–Crippen LogP) is 4.17. The topological polar surface area (TPSA) is 46.6 Å². The summed E-state index contributed by atoms with van der Waals surface area (Å²) in [6.45, 7) is 8.59. The molecular formula is C18H31NO3. The highest BCUT2D eigenvalue weighted by molar-refractivity contribution is 5.83. The summed E-state index contributed by atoms with van der Waals surface area (Å²) >= 11 is 0. The number of Topliss-reactive ketones (excluding diaryl/α,β-unsaturated/α-hetero) is 1. The molecule has 2 aliphatic rings. The quantitative estimate of drug-likeness (QED) is 0.786. The van der Waals surface area contributed by atoms with Crippen molar-refractivity contribution >= 4 is 11.9 Å². The molecular weight excluding hydrogens is 278 g/mol. The average molecular weight is 309 g/mol. The predicted molar refractivity (Wildman–Crippen MR) is 86.7 cm³/mol. The highest BCUT2D eigenvalue weighted by atomic mass is 16.6. The summed E-state index contributed by atoms with van der Waals surface area (Å²) in [6, 6.07) is 0.0574. The molecule has 1 aliphatic carbocycles. The second-order valence-corrected chi connectivity index (χ2v) is 7.89. The van der Waals surface area contributed by atoms with Gasteiger partial charge in [0.15, 0.2) is 0 Å². The molecule has 0 radical (unpaired) electrons. The number of ketones is 1. The van der Waals surface area contributed by atoms with E-state index < -0.39 is 5.60 Å². The molecule has 0 aromatic carbocycles. The standard InChI is InChI=1S/C18H31NO3/c1-5-7-13-9-10-16(20)14(12-13)15-8-6-11-19(15)17(21)22-18(2,3)4/h13-15H,5-12H2,1-4H3. The van der Waals surface area contributed by atoms with Crippen LogP contribution in [-0.2, 0) is 9.53 Å². The summed E-state index contributed by atoms with van der Waals surface area (Å²) in [6.07, 6.45) is 6.71. The smallest absolute Gasteiger partial charge is 0.410 e. The number of hydrogen-bond acceptors (Lipinski definition) is 3. The molecule has 2 rings (SSSR count). The highest BCUT2D eigenvalue weighted by Gasteiger charge is 2.42. The van der Waals surface area contributed by atoms with Gasteiger partial charge in [-0.2, -0.15) is 0 Å². The lowest BCUT2D eigenvalue weighted by atomic mass is 9.75. The summed E-state index contributed by atoms with van der Waals surface area (Å²) in [4.78, 5) is 26.6. The van der Waals surface area contributed by atoms with E-state index in [1.807, 2.05) is 25.7 Å². The summed E-state index contributed by atoms with van der Waals surface area (Å²) < 4.78 is 5.53. The van der Waals surface area contributed by atoms with Crippen molar-refractivity contribution in [1.82, 2.24) is 4.90 Å². The van der Waals surface area contributed by atoms with Gasteiger partial charge in [0.2, 0.25) is 0 Å². The van der Waals surface area contributed by atoms with Gasteiger partial charge in [-0.15, -0.1) is 0 Å². The van der Waals surface area contributed by atoms with Gasteiger partial charge in [-0.05, 0) is 52.4 Å². The van der Waals surface area contributed by atoms with E-state index in [4.69, 9.17) is 4.74 Å². The molecule has 0 aromatic rings. The molecule has 4 heteroatoms. The number of rotatable bonds is 3. The minimum atomic E-state index is -0.481. The minimum Gasteiger partial charge on any atom is -0.444 e. The van der Waals surface area contributed by atoms with Crippen molar-refractivity contribution in [2.45, 2.75) is 84.3 Å². The van der Waals surface area contributed by atoms with E-state index in [1.165, 1.54) is 12.8 Å². The molecule has 0 bridgehead atoms. The van der Waals surface area contributed by atoms with E-state index in [0.717, 1.165) is 32.2 Å². The zero-order valence-corrected chi connectivity index (χ0v) is 14.6. The molecule has 0 spiro atoms. The molecule has 1 aliphatic heterocycles. The fourth-order valence-corrected chi connectivity index (χ4v) is 3.94. The van der Waals surface area contributed by atoms with E-state index in [-0.39, 0.29) is 18.1 Å². The Morgan fingerprint density at radius 1 is 1.32 bits per heavy atom. The largest absolute Gasteiger partial charge is 0.444 e. The number of carbonyl (C=O) groups is 2. The summed E-state index contributed by atoms with van der Waals surface area (Å²) in [7, 11) is 0. The first-order valence-corrected chi connectivity index (χ1v) is 8.84. The van der Waals surface area contributed by atoms with Crippen LogP contribution in [0, 0.1) is 11.8 Å². The number of likely N-dealkylation sites (tertiary alicyclic amines) is 1. The van der Waals surface area contributed by atoms with Crippen molar-refractivity contribution in [1.29, 1.82) is 0 Å². The summed E-state index contributed by atoms with van der Waals surface area (Å²) in [5.41, 5.74) is -0.481. The van der Waals surface area contributed by atoms with E-state index in [2.05, 4.69) is 6.92 Å². The molecule has 0 aromatic heterocycles. The maximum atomic E-state index is 12.4. The molecule has 4 nitrogen and oxygen atoms in total. The fraction of sp³-hybridized carbons (Fsp3) is 0.889. The monoisotopic (exact) mass is 309 g/mol. The lowest BCUT2D eigenvalue weighted by Gasteiger charge is -2.36. The highest BCUT2D eigenvalue weighted by Crippen LogP contribution is 2.37. The van der Waals surface area contributed by atoms with Crippen molar-refractivity contribution in [2.75, 3.05) is 6.54 Å². The lowest BCUT2D eigenvalue weighted by Crippen LogP contribution is -2.46. The second kappa shape index (κ2) is 7.01. The van der Waals surface area contributed by atoms with Crippen molar-refractivity contribution in [2.24, 2.45) is 11.8 Å². The minimum absolute atomic E-state index is 0.0281. The molecule has 126 valence electrons. The third-order valence-corrected chi connectivity index (χ3v) is 4.89. The van der Waals surface area contributed by atoms with Crippen molar-refractivity contribution in [3.05, 3.63) is 0 Å². The lowest BCUT2D eigenvalue weighted by molar-refractivity contribution is -0.127. The van der Waals surface area contributed by atoms with Gasteiger partial charge in [-0.3, -0.25) is 4.79 Å². The molecule has 0 N–H and O–H groups in total. The van der Waals surface area contributed by atoms with Crippen LogP contribution in [0.2, 0.25) is 0 Å². The Kier molecular flexibility index (Phi) is 5.51. The van der Waals surface area contributed by atoms with Crippen molar-refractivity contribution in [3.63, 3.8) is 0 Å². The Morgan fingerprint density at radius 3 is 2.68 bits per heavy atom. The molecule has 22 heavy (non-hydrogen) atoms. The van der Waals surface area contributed by atoms with Crippen LogP contribution in [-0.4, -0.2) is 35.0 Å². The number of amides is 1. The molecule has 1 saturated carbocycles. The zero-order valence-electron chi connectivity index (χ0n) is 14.6. The Balaban J connectivity index is 2.05. The van der Waals surface area contributed by atoms with Gasteiger partial charge in [-0.1, -0.05) is 19.8 Å². The first kappa shape index (κ1) is 17.3. The summed E-state index contributed by atoms with van der Waals surface area (Å²) in [5.74, 6) is 1.03. The van der Waals surface area contributed by atoms with Gasteiger partial charge in [0.25, 0.3) is 0 Å². The van der Waals surface area contributed by atoms with Gasteiger partial charge in [0.05, 0.1) is 0 Å². The Bertz CT molecular complexity index is 413. The molecule has 1 heterocycles. The number of nitrogens with zero attached hydrogens (tertiary/aromatic N) is 1. The van der Waals surface area contributed by atoms with E-state index in [1.54, 1.807) is 0 Å². The van der Waals surface area contributed by atoms with Crippen molar-refractivity contribution < 1.29 is 14.3 Å². The summed E-state index contributed by atoms with van der Waals surface area (Å²) in [5, 5.41) is 0.